The van der Waals surface area contributed by atoms with Crippen LogP contribution in [-0.2, 0) is 0 Å². The van der Waals surface area contributed by atoms with E-state index in [9.17, 15) is 39.7 Å². The summed E-state index contributed by atoms with van der Waals surface area (Å²) in [5.41, 5.74) is -1.69. The zero-order valence-electron chi connectivity index (χ0n) is 20.7. The molecule has 13 heteroatoms. The Morgan fingerprint density at radius 2 is 1.43 bits per heavy atom. The SMILES string of the molecule is CC(C)CCNCC(C)(CN(C(=O)O)C(=O)c1ccc([N+](=O)[O-])cc1)NC(=O)c1ccc([N+](=O)[O-])cc1. The first-order valence-corrected chi connectivity index (χ1v) is 11.4. The molecule has 1 atom stereocenters. The molecule has 0 fully saturated rings. The molecule has 0 spiro atoms. The highest BCUT2D eigenvalue weighted by atomic mass is 16.6. The molecule has 13 nitrogen and oxygen atoms in total. The highest BCUT2D eigenvalue weighted by molar-refractivity contribution is 6.02. The van der Waals surface area contributed by atoms with Crippen LogP contribution in [0.5, 0.6) is 0 Å². The average Bonchev–Trinajstić information content (AvgIpc) is 2.84. The number of imide groups is 1. The number of nitro groups is 2. The molecule has 37 heavy (non-hydrogen) atoms. The molecule has 2 aromatic rings. The van der Waals surface area contributed by atoms with E-state index in [1.165, 1.54) is 24.3 Å². The summed E-state index contributed by atoms with van der Waals surface area (Å²) in [5, 5.41) is 37.5. The van der Waals surface area contributed by atoms with Gasteiger partial charge in [-0.3, -0.25) is 29.8 Å². The Hall–Kier alpha value is -4.39. The molecule has 0 saturated carbocycles. The zero-order chi connectivity index (χ0) is 27.8. The predicted octanol–water partition coefficient (Wildman–Crippen LogP) is 3.45. The quantitative estimate of drug-likeness (QED) is 0.216. The minimum Gasteiger partial charge on any atom is -0.465 e. The van der Waals surface area contributed by atoms with Crippen LogP contribution in [0.4, 0.5) is 16.2 Å². The maximum atomic E-state index is 13.0. The summed E-state index contributed by atoms with van der Waals surface area (Å²) < 4.78 is 0. The smallest absolute Gasteiger partial charge is 0.414 e. The minimum absolute atomic E-state index is 0.0789. The topological polar surface area (TPSA) is 185 Å². The number of carbonyl (C=O) groups excluding carboxylic acids is 2. The molecule has 2 rings (SSSR count). The summed E-state index contributed by atoms with van der Waals surface area (Å²) >= 11 is 0. The van der Waals surface area contributed by atoms with E-state index in [1.807, 2.05) is 13.8 Å². The van der Waals surface area contributed by atoms with E-state index in [1.54, 1.807) is 6.92 Å². The second kappa shape index (κ2) is 12.5. The number of benzene rings is 2. The fourth-order valence-electron chi connectivity index (χ4n) is 3.43. The third kappa shape index (κ3) is 8.35. The summed E-state index contributed by atoms with van der Waals surface area (Å²) in [5.74, 6) is -1.13. The van der Waals surface area contributed by atoms with Gasteiger partial charge < -0.3 is 15.7 Å². The van der Waals surface area contributed by atoms with Gasteiger partial charge in [0.2, 0.25) is 0 Å². The molecule has 0 heterocycles. The van der Waals surface area contributed by atoms with Crippen LogP contribution in [0.25, 0.3) is 0 Å². The molecule has 3 N–H and O–H groups in total. The molecule has 3 amide bonds. The molecule has 2 aromatic carbocycles. The molecular formula is C24H29N5O8. The van der Waals surface area contributed by atoms with Crippen molar-refractivity contribution in [2.75, 3.05) is 19.6 Å². The first-order valence-electron chi connectivity index (χ1n) is 11.4. The lowest BCUT2D eigenvalue weighted by Gasteiger charge is -2.35. The third-order valence-electron chi connectivity index (χ3n) is 5.48. The van der Waals surface area contributed by atoms with Crippen molar-refractivity contribution in [2.24, 2.45) is 5.92 Å². The summed E-state index contributed by atoms with van der Waals surface area (Å²) in [6.45, 7) is 5.88. The zero-order valence-corrected chi connectivity index (χ0v) is 20.7. The van der Waals surface area contributed by atoms with E-state index in [-0.39, 0.29) is 29.0 Å². The third-order valence-corrected chi connectivity index (χ3v) is 5.48. The van der Waals surface area contributed by atoms with Gasteiger partial charge in [-0.25, -0.2) is 9.69 Å². The largest absolute Gasteiger partial charge is 0.465 e. The number of carbonyl (C=O) groups is 3. The standard InChI is InChI=1S/C24H29N5O8/c1-16(2)12-13-25-14-24(3,26-21(30)17-4-8-19(9-5-17)28(34)35)15-27(23(32)33)22(31)18-6-10-20(11-7-18)29(36)37/h4-11,16,25H,12-15H2,1-3H3,(H,26,30)(H,32,33). The fourth-order valence-corrected chi connectivity index (χ4v) is 3.43. The summed E-state index contributed by atoms with van der Waals surface area (Å²) in [6.07, 6.45) is -0.752. The van der Waals surface area contributed by atoms with E-state index < -0.39 is 39.8 Å². The molecule has 0 aliphatic rings. The van der Waals surface area contributed by atoms with Crippen LogP contribution in [0.1, 0.15) is 47.9 Å². The van der Waals surface area contributed by atoms with E-state index >= 15 is 0 Å². The minimum atomic E-state index is -1.57. The van der Waals surface area contributed by atoms with Crippen molar-refractivity contribution in [3.63, 3.8) is 0 Å². The Bertz CT molecular complexity index is 1150. The lowest BCUT2D eigenvalue weighted by Crippen LogP contribution is -2.60. The first-order chi connectivity index (χ1) is 17.3. The Balaban J connectivity index is 2.29. The maximum absolute atomic E-state index is 13.0. The lowest BCUT2D eigenvalue weighted by molar-refractivity contribution is -0.385. The molecular weight excluding hydrogens is 486 g/mol. The predicted molar refractivity (Wildman–Crippen MR) is 133 cm³/mol. The summed E-state index contributed by atoms with van der Waals surface area (Å²) in [6, 6.07) is 9.40. The van der Waals surface area contributed by atoms with Gasteiger partial charge in [0.05, 0.1) is 21.9 Å². The number of hydrogen-bond acceptors (Lipinski definition) is 8. The summed E-state index contributed by atoms with van der Waals surface area (Å²) in [7, 11) is 0. The van der Waals surface area contributed by atoms with Crippen molar-refractivity contribution in [1.29, 1.82) is 0 Å². The van der Waals surface area contributed by atoms with Crippen LogP contribution >= 0.6 is 0 Å². The van der Waals surface area contributed by atoms with Crippen LogP contribution in [0.15, 0.2) is 48.5 Å². The second-order valence-corrected chi connectivity index (χ2v) is 9.16. The Kier molecular flexibility index (Phi) is 9.77. The normalized spacial score (nSPS) is 12.4. The number of nitrogens with one attached hydrogen (secondary N) is 2. The number of hydrogen-bond donors (Lipinski definition) is 3. The van der Waals surface area contributed by atoms with Gasteiger partial charge in [-0.2, -0.15) is 0 Å². The van der Waals surface area contributed by atoms with E-state index in [0.717, 1.165) is 30.7 Å². The Labute approximate surface area is 212 Å². The average molecular weight is 516 g/mol. The fraction of sp³-hybridized carbons (Fsp3) is 0.375. The van der Waals surface area contributed by atoms with Gasteiger partial charge in [-0.1, -0.05) is 13.8 Å². The van der Waals surface area contributed by atoms with Crippen LogP contribution < -0.4 is 10.6 Å². The summed E-state index contributed by atoms with van der Waals surface area (Å²) in [4.78, 5) is 59.1. The van der Waals surface area contributed by atoms with Crippen molar-refractivity contribution in [3.05, 3.63) is 79.9 Å². The number of amides is 3. The highest BCUT2D eigenvalue weighted by Gasteiger charge is 2.35. The number of carboxylic acid groups (broad SMARTS) is 1. The molecule has 0 aromatic heterocycles. The Morgan fingerprint density at radius 1 is 0.946 bits per heavy atom. The van der Waals surface area contributed by atoms with Gasteiger partial charge in [0.25, 0.3) is 23.2 Å². The molecule has 0 aliphatic heterocycles. The van der Waals surface area contributed by atoms with Crippen molar-refractivity contribution >= 4 is 29.3 Å². The van der Waals surface area contributed by atoms with Crippen LogP contribution in [0.2, 0.25) is 0 Å². The van der Waals surface area contributed by atoms with Crippen molar-refractivity contribution in [2.45, 2.75) is 32.7 Å². The lowest BCUT2D eigenvalue weighted by atomic mass is 9.99. The molecule has 198 valence electrons. The Morgan fingerprint density at radius 3 is 1.86 bits per heavy atom. The van der Waals surface area contributed by atoms with Crippen LogP contribution in [0.3, 0.4) is 0 Å². The molecule has 0 bridgehead atoms. The maximum Gasteiger partial charge on any atom is 0.414 e. The number of rotatable bonds is 12. The molecule has 0 radical (unpaired) electrons. The molecule has 1 unspecified atom stereocenters. The van der Waals surface area contributed by atoms with Crippen LogP contribution in [-0.4, -0.2) is 62.9 Å². The number of non-ortho nitro benzene ring substituents is 2. The number of nitrogens with zero attached hydrogens (tertiary/aromatic N) is 3. The van der Waals surface area contributed by atoms with E-state index in [0.29, 0.717) is 17.4 Å². The van der Waals surface area contributed by atoms with Gasteiger partial charge in [0, 0.05) is 41.9 Å². The molecule has 0 saturated heterocycles. The van der Waals surface area contributed by atoms with Gasteiger partial charge in [-0.05, 0) is 50.1 Å². The highest BCUT2D eigenvalue weighted by Crippen LogP contribution is 2.17. The van der Waals surface area contributed by atoms with Gasteiger partial charge >= 0.3 is 6.09 Å². The van der Waals surface area contributed by atoms with Gasteiger partial charge in [0.1, 0.15) is 0 Å². The van der Waals surface area contributed by atoms with Crippen molar-refractivity contribution in [3.8, 4) is 0 Å². The van der Waals surface area contributed by atoms with E-state index in [2.05, 4.69) is 10.6 Å². The monoisotopic (exact) mass is 515 g/mol. The second-order valence-electron chi connectivity index (χ2n) is 9.16. The van der Waals surface area contributed by atoms with Crippen LogP contribution in [0, 0.1) is 26.1 Å². The first kappa shape index (κ1) is 28.8. The van der Waals surface area contributed by atoms with Gasteiger partial charge in [-0.15, -0.1) is 0 Å². The van der Waals surface area contributed by atoms with E-state index in [4.69, 9.17) is 0 Å². The number of nitro benzene ring substituents is 2. The molecule has 0 aliphatic carbocycles. The van der Waals surface area contributed by atoms with Crippen molar-refractivity contribution < 1.29 is 29.3 Å². The van der Waals surface area contributed by atoms with Crippen molar-refractivity contribution in [1.82, 2.24) is 15.5 Å². The van der Waals surface area contributed by atoms with Gasteiger partial charge in [0.15, 0.2) is 0 Å².